The molecule has 0 amide bonds. The van der Waals surface area contributed by atoms with E-state index < -0.39 is 16.2 Å². The summed E-state index contributed by atoms with van der Waals surface area (Å²) in [7, 11) is -1.21. The van der Waals surface area contributed by atoms with Gasteiger partial charge in [-0.15, -0.1) is 4.09 Å². The molecule has 0 spiro atoms. The average Bonchev–Trinajstić information content (AvgIpc) is 3.23. The van der Waals surface area contributed by atoms with Gasteiger partial charge in [0.1, 0.15) is 11.2 Å². The number of fused-ring (bicyclic) bond motifs is 1. The van der Waals surface area contributed by atoms with Crippen molar-refractivity contribution in [2.75, 3.05) is 14.1 Å². The predicted octanol–water partition coefficient (Wildman–Crippen LogP) is 4.20. The number of H-pyrrole nitrogens is 1. The normalized spacial score (nSPS) is 14.4. The molecule has 2 heterocycles. The topological polar surface area (TPSA) is 108 Å². The van der Waals surface area contributed by atoms with Gasteiger partial charge < -0.3 is 10.1 Å². The molecule has 11 heteroatoms. The summed E-state index contributed by atoms with van der Waals surface area (Å²) in [5, 5.41) is 14.7. The lowest BCUT2D eigenvalue weighted by atomic mass is 10.0. The van der Waals surface area contributed by atoms with Crippen molar-refractivity contribution in [2.24, 2.45) is 0 Å². The molecule has 1 aliphatic carbocycles. The third-order valence-corrected chi connectivity index (χ3v) is 6.69. The molecule has 1 fully saturated rings. The monoisotopic (exact) mass is 458 g/mol. The van der Waals surface area contributed by atoms with Gasteiger partial charge in [0.05, 0.1) is 11.2 Å². The number of aromatic carboxylic acids is 1. The highest BCUT2D eigenvalue weighted by atomic mass is 35.5. The SMILES string of the molecule is C.CN(C)S(=O)(=O)n1nc(C2CC2)c2[nH]c(C(=O)O)c(-c3cc(Cl)cc(Cl)c3)c21. The minimum absolute atomic E-state index is 0. The number of carboxylic acids is 1. The fourth-order valence-electron chi connectivity index (χ4n) is 3.17. The Morgan fingerprint density at radius 1 is 1.24 bits per heavy atom. The van der Waals surface area contributed by atoms with Crippen molar-refractivity contribution < 1.29 is 18.3 Å². The number of nitrogens with one attached hydrogen (secondary N) is 1. The Hall–Kier alpha value is -2.07. The number of hydrogen-bond acceptors (Lipinski definition) is 4. The van der Waals surface area contributed by atoms with Crippen LogP contribution in [0.15, 0.2) is 18.2 Å². The quantitative estimate of drug-likeness (QED) is 0.595. The molecule has 0 radical (unpaired) electrons. The first kappa shape index (κ1) is 21.6. The maximum absolute atomic E-state index is 12.9. The third kappa shape index (κ3) is 3.52. The lowest BCUT2D eigenvalue weighted by Crippen LogP contribution is -2.29. The van der Waals surface area contributed by atoms with Crippen LogP contribution >= 0.6 is 23.2 Å². The van der Waals surface area contributed by atoms with Crippen LogP contribution in [0.1, 0.15) is 42.4 Å². The predicted molar refractivity (Wildman–Crippen MR) is 113 cm³/mol. The van der Waals surface area contributed by atoms with Crippen LogP contribution in [-0.2, 0) is 10.2 Å². The molecule has 29 heavy (non-hydrogen) atoms. The van der Waals surface area contributed by atoms with Crippen LogP contribution in [0.2, 0.25) is 10.0 Å². The molecule has 1 aromatic carbocycles. The number of carbonyl (C=O) groups is 1. The average molecular weight is 459 g/mol. The lowest BCUT2D eigenvalue weighted by molar-refractivity contribution is 0.0692. The van der Waals surface area contributed by atoms with Gasteiger partial charge in [0.25, 0.3) is 0 Å². The highest BCUT2D eigenvalue weighted by Crippen LogP contribution is 2.45. The highest BCUT2D eigenvalue weighted by molar-refractivity contribution is 7.87. The number of aromatic amines is 1. The number of hydrogen-bond donors (Lipinski definition) is 2. The molecule has 1 aliphatic rings. The van der Waals surface area contributed by atoms with Gasteiger partial charge in [0, 0.05) is 35.6 Å². The Morgan fingerprint density at radius 3 is 2.31 bits per heavy atom. The van der Waals surface area contributed by atoms with E-state index >= 15 is 0 Å². The first-order chi connectivity index (χ1) is 13.1. The van der Waals surface area contributed by atoms with Crippen molar-refractivity contribution in [1.82, 2.24) is 18.5 Å². The fraction of sp³-hybridized carbons (Fsp3) is 0.333. The van der Waals surface area contributed by atoms with Crippen molar-refractivity contribution in [2.45, 2.75) is 26.2 Å². The van der Waals surface area contributed by atoms with Crippen LogP contribution in [0.25, 0.3) is 22.2 Å². The molecule has 156 valence electrons. The molecule has 0 bridgehead atoms. The van der Waals surface area contributed by atoms with E-state index in [1.807, 2.05) is 0 Å². The van der Waals surface area contributed by atoms with Crippen molar-refractivity contribution in [3.8, 4) is 11.1 Å². The fourth-order valence-corrected chi connectivity index (χ4v) is 4.61. The summed E-state index contributed by atoms with van der Waals surface area (Å²) in [6.07, 6.45) is 1.74. The smallest absolute Gasteiger partial charge is 0.353 e. The Labute approximate surface area is 178 Å². The van der Waals surface area contributed by atoms with Gasteiger partial charge in [-0.3, -0.25) is 0 Å². The number of halogens is 2. The summed E-state index contributed by atoms with van der Waals surface area (Å²) >= 11 is 12.2. The molecule has 0 atom stereocenters. The van der Waals surface area contributed by atoms with Crippen molar-refractivity contribution >= 4 is 50.4 Å². The second-order valence-corrected chi connectivity index (χ2v) is 9.70. The largest absolute Gasteiger partial charge is 0.477 e. The summed E-state index contributed by atoms with van der Waals surface area (Å²) in [5.41, 5.74) is 1.54. The van der Waals surface area contributed by atoms with Crippen molar-refractivity contribution in [3.63, 3.8) is 0 Å². The molecule has 3 aromatic rings. The van der Waals surface area contributed by atoms with E-state index in [1.165, 1.54) is 20.2 Å². The van der Waals surface area contributed by atoms with Gasteiger partial charge in [0.2, 0.25) is 0 Å². The van der Waals surface area contributed by atoms with Crippen LogP contribution in [0.3, 0.4) is 0 Å². The molecular weight excluding hydrogens is 439 g/mol. The van der Waals surface area contributed by atoms with E-state index in [1.54, 1.807) is 12.1 Å². The van der Waals surface area contributed by atoms with Crippen LogP contribution in [0.4, 0.5) is 0 Å². The number of aromatic nitrogens is 3. The number of carboxylic acid groups (broad SMARTS) is 1. The number of nitrogens with zero attached hydrogens (tertiary/aromatic N) is 3. The van der Waals surface area contributed by atoms with Gasteiger partial charge in [-0.25, -0.2) is 4.79 Å². The standard InChI is InChI=1S/C17H16Cl2N4O4S.CH4/c1-22(2)28(26,27)23-16-12(9-5-10(18)7-11(19)6-9)14(17(24)25)20-15(16)13(21-23)8-3-4-8;/h5-8,20H,3-4H2,1-2H3,(H,24,25);1H4. The summed E-state index contributed by atoms with van der Waals surface area (Å²) in [6, 6.07) is 4.60. The van der Waals surface area contributed by atoms with Gasteiger partial charge in [-0.05, 0) is 36.6 Å². The van der Waals surface area contributed by atoms with E-state index in [4.69, 9.17) is 23.2 Å². The van der Waals surface area contributed by atoms with E-state index in [-0.39, 0.29) is 30.1 Å². The molecule has 1 saturated carbocycles. The summed E-state index contributed by atoms with van der Waals surface area (Å²) in [4.78, 5) is 14.8. The van der Waals surface area contributed by atoms with Gasteiger partial charge in [-0.1, -0.05) is 30.6 Å². The molecular formula is C18H20Cl2N4O4S. The third-order valence-electron chi connectivity index (χ3n) is 4.63. The molecule has 8 nitrogen and oxygen atoms in total. The second-order valence-electron chi connectivity index (χ2n) is 6.85. The second kappa shape index (κ2) is 7.32. The molecule has 0 saturated heterocycles. The van der Waals surface area contributed by atoms with E-state index in [0.717, 1.165) is 21.2 Å². The summed E-state index contributed by atoms with van der Waals surface area (Å²) in [5.74, 6) is -1.13. The first-order valence-corrected chi connectivity index (χ1v) is 10.5. The van der Waals surface area contributed by atoms with Crippen LogP contribution in [-0.4, -0.2) is 52.1 Å². The zero-order valence-corrected chi connectivity index (χ0v) is 17.2. The first-order valence-electron chi connectivity index (χ1n) is 8.38. The Kier molecular flexibility index (Phi) is 5.46. The van der Waals surface area contributed by atoms with Gasteiger partial charge >= 0.3 is 16.2 Å². The molecule has 4 rings (SSSR count). The number of benzene rings is 1. The van der Waals surface area contributed by atoms with E-state index in [9.17, 15) is 18.3 Å². The van der Waals surface area contributed by atoms with Crippen molar-refractivity contribution in [1.29, 1.82) is 0 Å². The maximum Gasteiger partial charge on any atom is 0.353 e. The molecule has 0 aliphatic heterocycles. The molecule has 0 unspecified atom stereocenters. The lowest BCUT2D eigenvalue weighted by Gasteiger charge is -2.13. The molecule has 2 N–H and O–H groups in total. The zero-order chi connectivity index (χ0) is 20.4. The summed E-state index contributed by atoms with van der Waals surface area (Å²) in [6.45, 7) is 0. The van der Waals surface area contributed by atoms with E-state index in [2.05, 4.69) is 10.1 Å². The van der Waals surface area contributed by atoms with Gasteiger partial charge in [0.15, 0.2) is 0 Å². The maximum atomic E-state index is 12.9. The van der Waals surface area contributed by atoms with E-state index in [0.29, 0.717) is 26.8 Å². The van der Waals surface area contributed by atoms with Crippen LogP contribution < -0.4 is 0 Å². The Balaban J connectivity index is 0.00000240. The van der Waals surface area contributed by atoms with Gasteiger partial charge in [-0.2, -0.15) is 17.8 Å². The molecule has 2 aromatic heterocycles. The summed E-state index contributed by atoms with van der Waals surface area (Å²) < 4.78 is 27.7. The number of rotatable bonds is 5. The zero-order valence-electron chi connectivity index (χ0n) is 14.9. The minimum Gasteiger partial charge on any atom is -0.477 e. The Bertz CT molecular complexity index is 1210. The Morgan fingerprint density at radius 2 is 1.83 bits per heavy atom. The van der Waals surface area contributed by atoms with Crippen LogP contribution in [0, 0.1) is 0 Å². The van der Waals surface area contributed by atoms with Crippen molar-refractivity contribution in [3.05, 3.63) is 39.6 Å². The highest BCUT2D eigenvalue weighted by Gasteiger charge is 2.36. The van der Waals surface area contributed by atoms with Crippen LogP contribution in [0.5, 0.6) is 0 Å². The minimum atomic E-state index is -3.99.